The first-order valence-corrected chi connectivity index (χ1v) is 12.2. The molecular formula is C31H27NO3. The first kappa shape index (κ1) is 21.7. The van der Waals surface area contributed by atoms with Crippen LogP contribution in [0.2, 0.25) is 0 Å². The van der Waals surface area contributed by atoms with Crippen LogP contribution in [0.5, 0.6) is 5.75 Å². The van der Waals surface area contributed by atoms with E-state index in [1.165, 1.54) is 0 Å². The number of carbonyl (C=O) groups excluding carboxylic acids is 2. The van der Waals surface area contributed by atoms with Crippen molar-refractivity contribution in [1.29, 1.82) is 0 Å². The van der Waals surface area contributed by atoms with Crippen molar-refractivity contribution < 1.29 is 14.3 Å². The van der Waals surface area contributed by atoms with E-state index in [1.54, 1.807) is 0 Å². The summed E-state index contributed by atoms with van der Waals surface area (Å²) in [4.78, 5) is 32.1. The fourth-order valence-electron chi connectivity index (χ4n) is 5.79. The number of carbonyl (C=O) groups is 2. The molecule has 3 aliphatic rings. The Morgan fingerprint density at radius 3 is 2.26 bits per heavy atom. The maximum absolute atomic E-state index is 13.6. The second kappa shape index (κ2) is 8.16. The highest BCUT2D eigenvalue weighted by molar-refractivity contribution is 6.25. The summed E-state index contributed by atoms with van der Waals surface area (Å²) in [5, 5.41) is 0. The number of hydrogen-bond acceptors (Lipinski definition) is 4. The summed E-state index contributed by atoms with van der Waals surface area (Å²) in [5.74, 6) is 0.198. The Bertz CT molecular complexity index is 1400. The van der Waals surface area contributed by atoms with Gasteiger partial charge in [0.05, 0.1) is 11.6 Å². The molecule has 4 nitrogen and oxygen atoms in total. The average Bonchev–Trinajstić information content (AvgIpc) is 3.13. The number of rotatable bonds is 4. The van der Waals surface area contributed by atoms with Gasteiger partial charge in [-0.2, -0.15) is 0 Å². The Morgan fingerprint density at radius 2 is 1.51 bits per heavy atom. The quantitative estimate of drug-likeness (QED) is 0.451. The van der Waals surface area contributed by atoms with Gasteiger partial charge in [-0.25, -0.2) is 0 Å². The molecule has 0 amide bonds. The number of ketones is 2. The summed E-state index contributed by atoms with van der Waals surface area (Å²) in [6.07, 6.45) is 1.25. The number of nitrogens with zero attached hydrogens (tertiary/aromatic N) is 1. The van der Waals surface area contributed by atoms with Gasteiger partial charge in [-0.1, -0.05) is 80.6 Å². The third kappa shape index (κ3) is 3.74. The number of Topliss-reactive ketones (excluding diaryl/α,β-unsaturated/α-hetero) is 2. The third-order valence-electron chi connectivity index (χ3n) is 7.33. The van der Waals surface area contributed by atoms with Gasteiger partial charge >= 0.3 is 0 Å². The number of benzene rings is 3. The molecule has 0 N–H and O–H groups in total. The fourth-order valence-corrected chi connectivity index (χ4v) is 5.79. The van der Waals surface area contributed by atoms with Crippen LogP contribution in [0.3, 0.4) is 0 Å². The monoisotopic (exact) mass is 461 g/mol. The first-order valence-electron chi connectivity index (χ1n) is 12.2. The number of fused-ring (bicyclic) bond motifs is 3. The fraction of sp³-hybridized carbons (Fsp3) is 0.258. The Kier molecular flexibility index (Phi) is 5.06. The van der Waals surface area contributed by atoms with E-state index in [-0.39, 0.29) is 22.9 Å². The lowest BCUT2D eigenvalue weighted by molar-refractivity contribution is -0.124. The van der Waals surface area contributed by atoms with Crippen molar-refractivity contribution in [2.75, 3.05) is 0 Å². The topological polar surface area (TPSA) is 55.7 Å². The average molecular weight is 462 g/mol. The maximum Gasteiger partial charge on any atom is 0.192 e. The zero-order valence-corrected chi connectivity index (χ0v) is 20.0. The molecule has 1 heterocycles. The van der Waals surface area contributed by atoms with E-state index in [0.29, 0.717) is 24.2 Å². The largest absolute Gasteiger partial charge is 0.489 e. The van der Waals surface area contributed by atoms with Crippen LogP contribution in [-0.4, -0.2) is 17.3 Å². The number of allylic oxidation sites excluding steroid dienone is 1. The lowest BCUT2D eigenvalue weighted by Crippen LogP contribution is -2.43. The van der Waals surface area contributed by atoms with E-state index in [9.17, 15) is 9.59 Å². The molecule has 0 aromatic heterocycles. The van der Waals surface area contributed by atoms with Gasteiger partial charge < -0.3 is 4.74 Å². The highest BCUT2D eigenvalue weighted by Crippen LogP contribution is 2.52. The molecule has 35 heavy (non-hydrogen) atoms. The molecule has 0 spiro atoms. The number of ether oxygens (including phenoxy) is 1. The number of hydrogen-bond donors (Lipinski definition) is 0. The minimum atomic E-state index is -0.392. The molecule has 0 radical (unpaired) electrons. The van der Waals surface area contributed by atoms with Crippen molar-refractivity contribution in [3.05, 3.63) is 107 Å². The summed E-state index contributed by atoms with van der Waals surface area (Å²) in [5.41, 5.74) is 5.79. The molecule has 2 unspecified atom stereocenters. The van der Waals surface area contributed by atoms with Crippen LogP contribution < -0.4 is 4.74 Å². The molecule has 174 valence electrons. The van der Waals surface area contributed by atoms with E-state index in [2.05, 4.69) is 13.8 Å². The smallest absolute Gasteiger partial charge is 0.192 e. The highest BCUT2D eigenvalue weighted by atomic mass is 16.5. The lowest BCUT2D eigenvalue weighted by atomic mass is 9.63. The minimum Gasteiger partial charge on any atom is -0.489 e. The van der Waals surface area contributed by atoms with E-state index in [4.69, 9.17) is 9.73 Å². The molecule has 3 aromatic carbocycles. The van der Waals surface area contributed by atoms with E-state index >= 15 is 0 Å². The van der Waals surface area contributed by atoms with E-state index in [1.807, 2.05) is 78.9 Å². The van der Waals surface area contributed by atoms with Crippen LogP contribution in [0.15, 0.2) is 89.4 Å². The van der Waals surface area contributed by atoms with Crippen LogP contribution in [0.25, 0.3) is 5.70 Å². The normalized spacial score (nSPS) is 22.3. The van der Waals surface area contributed by atoms with Gasteiger partial charge in [0, 0.05) is 34.8 Å². The van der Waals surface area contributed by atoms with Crippen LogP contribution in [0.1, 0.15) is 59.7 Å². The summed E-state index contributed by atoms with van der Waals surface area (Å²) < 4.78 is 5.98. The van der Waals surface area contributed by atoms with Gasteiger partial charge in [-0.3, -0.25) is 14.6 Å². The zero-order chi connectivity index (χ0) is 24.2. The summed E-state index contributed by atoms with van der Waals surface area (Å²) in [7, 11) is 0. The molecule has 1 aliphatic heterocycles. The highest BCUT2D eigenvalue weighted by Gasteiger charge is 2.49. The van der Waals surface area contributed by atoms with Gasteiger partial charge in [-0.05, 0) is 35.1 Å². The van der Waals surface area contributed by atoms with Crippen LogP contribution in [0, 0.1) is 11.3 Å². The van der Waals surface area contributed by atoms with Crippen molar-refractivity contribution in [3.8, 4) is 5.75 Å². The standard InChI is InChI=1S/C31H27NO3/c1-31(2)16-24-27(25(33)17-31)26(28-29(32-24)22-10-6-7-11-23(22)30(28)34)20-12-14-21(15-13-20)35-18-19-8-4-3-5-9-19/h3-15,26-27H,16-18H2,1-2H3. The predicted molar refractivity (Wildman–Crippen MR) is 137 cm³/mol. The summed E-state index contributed by atoms with van der Waals surface area (Å²) in [6.45, 7) is 4.73. The number of aliphatic imine (C=N–C) groups is 1. The first-order chi connectivity index (χ1) is 16.9. The Hall–Kier alpha value is -3.79. The molecule has 2 atom stereocenters. The van der Waals surface area contributed by atoms with Crippen LogP contribution in [-0.2, 0) is 11.4 Å². The van der Waals surface area contributed by atoms with Gasteiger partial charge in [0.15, 0.2) is 5.78 Å². The van der Waals surface area contributed by atoms with Crippen molar-refractivity contribution in [3.63, 3.8) is 0 Å². The molecule has 1 saturated carbocycles. The van der Waals surface area contributed by atoms with Gasteiger partial charge in [0.25, 0.3) is 0 Å². The Morgan fingerprint density at radius 1 is 0.829 bits per heavy atom. The second-order valence-electron chi connectivity index (χ2n) is 10.5. The molecule has 0 saturated heterocycles. The van der Waals surface area contributed by atoms with Gasteiger partial charge in [0.1, 0.15) is 18.1 Å². The maximum atomic E-state index is 13.6. The molecule has 1 fully saturated rings. The molecule has 2 aliphatic carbocycles. The Labute approximate surface area is 205 Å². The molecule has 4 heteroatoms. The van der Waals surface area contributed by atoms with Gasteiger partial charge in [0.2, 0.25) is 0 Å². The third-order valence-corrected chi connectivity index (χ3v) is 7.33. The molecule has 6 rings (SSSR count). The predicted octanol–water partition coefficient (Wildman–Crippen LogP) is 6.42. The molecular weight excluding hydrogens is 434 g/mol. The zero-order valence-electron chi connectivity index (χ0n) is 20.0. The van der Waals surface area contributed by atoms with Crippen molar-refractivity contribution in [1.82, 2.24) is 0 Å². The summed E-state index contributed by atoms with van der Waals surface area (Å²) >= 11 is 0. The molecule has 0 bridgehead atoms. The minimum absolute atomic E-state index is 0.00885. The SMILES string of the molecule is CC1(C)CC(=O)C2C(=NC3=C(C(=O)c4ccccc43)C2c2ccc(OCc3ccccc3)cc2)C1. The van der Waals surface area contributed by atoms with Gasteiger partial charge in [-0.15, -0.1) is 0 Å². The van der Waals surface area contributed by atoms with E-state index < -0.39 is 5.92 Å². The van der Waals surface area contributed by atoms with Crippen LogP contribution in [0.4, 0.5) is 0 Å². The molecule has 3 aromatic rings. The Balaban J connectivity index is 1.39. The van der Waals surface area contributed by atoms with Crippen molar-refractivity contribution in [2.45, 2.75) is 39.2 Å². The van der Waals surface area contributed by atoms with Crippen molar-refractivity contribution >= 4 is 23.0 Å². The van der Waals surface area contributed by atoms with E-state index in [0.717, 1.165) is 40.3 Å². The van der Waals surface area contributed by atoms with Crippen LogP contribution >= 0.6 is 0 Å². The lowest BCUT2D eigenvalue weighted by Gasteiger charge is -2.40. The van der Waals surface area contributed by atoms with Crippen molar-refractivity contribution in [2.24, 2.45) is 16.3 Å². The summed E-state index contributed by atoms with van der Waals surface area (Å²) in [6, 6.07) is 25.6. The second-order valence-corrected chi connectivity index (χ2v) is 10.5.